The maximum atomic E-state index is 6.01. The number of aromatic amines is 2. The summed E-state index contributed by atoms with van der Waals surface area (Å²) < 4.78 is 6.01. The second-order valence-corrected chi connectivity index (χ2v) is 8.52. The van der Waals surface area contributed by atoms with E-state index in [2.05, 4.69) is 55.4 Å². The van der Waals surface area contributed by atoms with Gasteiger partial charge in [0.05, 0.1) is 11.0 Å². The normalized spacial score (nSPS) is 12.3. The third-order valence-corrected chi connectivity index (χ3v) is 6.30. The SMILES string of the molecule is CCCCC(c1ccc(OCc2ccc(-c3nn[nH]n3)cc2)cc1)c1nc2cscc2[nH]1. The molecule has 0 bridgehead atoms. The zero-order chi connectivity index (χ0) is 21.8. The van der Waals surface area contributed by atoms with Crippen LogP contribution in [0, 0.1) is 0 Å². The molecule has 8 heteroatoms. The van der Waals surface area contributed by atoms with Gasteiger partial charge in [-0.15, -0.1) is 21.5 Å². The van der Waals surface area contributed by atoms with Gasteiger partial charge in [0, 0.05) is 22.2 Å². The Kier molecular flexibility index (Phi) is 5.93. The number of benzene rings is 2. The number of hydrogen-bond acceptors (Lipinski definition) is 6. The van der Waals surface area contributed by atoms with E-state index >= 15 is 0 Å². The highest BCUT2D eigenvalue weighted by Crippen LogP contribution is 2.31. The van der Waals surface area contributed by atoms with E-state index in [1.54, 1.807) is 11.3 Å². The molecule has 7 nitrogen and oxygen atoms in total. The molecular weight excluding hydrogens is 420 g/mol. The van der Waals surface area contributed by atoms with Gasteiger partial charge in [-0.1, -0.05) is 56.2 Å². The molecule has 0 saturated carbocycles. The van der Waals surface area contributed by atoms with Crippen LogP contribution < -0.4 is 4.74 Å². The summed E-state index contributed by atoms with van der Waals surface area (Å²) in [7, 11) is 0. The van der Waals surface area contributed by atoms with Crippen molar-refractivity contribution in [3.05, 3.63) is 76.2 Å². The Hall–Kier alpha value is -3.52. The third-order valence-electron chi connectivity index (χ3n) is 5.57. The van der Waals surface area contributed by atoms with Crippen molar-refractivity contribution >= 4 is 22.4 Å². The van der Waals surface area contributed by atoms with Crippen molar-refractivity contribution in [2.24, 2.45) is 0 Å². The van der Waals surface area contributed by atoms with E-state index in [1.165, 1.54) is 5.56 Å². The first-order valence-corrected chi connectivity index (χ1v) is 11.7. The summed E-state index contributed by atoms with van der Waals surface area (Å²) in [5, 5.41) is 18.3. The molecule has 2 N–H and O–H groups in total. The standard InChI is InChI=1S/C24H24N6OS/c1-2-3-4-20(24-25-21-14-32-15-22(21)26-24)17-9-11-19(12-10-17)31-13-16-5-7-18(8-6-16)23-27-29-30-28-23/h5-12,14-15,20H,2-4,13H2,1H3,(H,25,26)(H,27,28,29,30). The maximum absolute atomic E-state index is 6.01. The molecule has 0 radical (unpaired) electrons. The van der Waals surface area contributed by atoms with Crippen LogP contribution >= 0.6 is 11.3 Å². The van der Waals surface area contributed by atoms with Crippen LogP contribution in [0.3, 0.4) is 0 Å². The van der Waals surface area contributed by atoms with Gasteiger partial charge in [-0.3, -0.25) is 0 Å². The first-order valence-electron chi connectivity index (χ1n) is 10.8. The second-order valence-electron chi connectivity index (χ2n) is 7.78. The van der Waals surface area contributed by atoms with Crippen LogP contribution in [0.25, 0.3) is 22.4 Å². The van der Waals surface area contributed by atoms with E-state index in [4.69, 9.17) is 9.72 Å². The molecule has 5 aromatic rings. The fraction of sp³-hybridized carbons (Fsp3) is 0.250. The summed E-state index contributed by atoms with van der Waals surface area (Å²) in [6.45, 7) is 2.72. The smallest absolute Gasteiger partial charge is 0.204 e. The van der Waals surface area contributed by atoms with Gasteiger partial charge in [0.15, 0.2) is 0 Å². The number of fused-ring (bicyclic) bond motifs is 1. The van der Waals surface area contributed by atoms with Crippen LogP contribution in [0.1, 0.15) is 49.1 Å². The number of nitrogens with zero attached hydrogens (tertiary/aromatic N) is 4. The summed E-state index contributed by atoms with van der Waals surface area (Å²) in [5.74, 6) is 2.75. The quantitative estimate of drug-likeness (QED) is 0.304. The Labute approximate surface area is 189 Å². The molecule has 3 aromatic heterocycles. The number of nitrogens with one attached hydrogen (secondary N) is 2. The van der Waals surface area contributed by atoms with E-state index in [0.717, 1.165) is 53.0 Å². The average Bonchev–Trinajstić information content (AvgIpc) is 3.57. The molecule has 0 saturated heterocycles. The van der Waals surface area contributed by atoms with Crippen molar-refractivity contribution in [3.63, 3.8) is 0 Å². The van der Waals surface area contributed by atoms with Crippen LogP contribution in [0.15, 0.2) is 59.3 Å². The fourth-order valence-corrected chi connectivity index (χ4v) is 4.49. The molecule has 0 aliphatic rings. The first kappa shape index (κ1) is 20.4. The van der Waals surface area contributed by atoms with Gasteiger partial charge in [-0.25, -0.2) is 4.98 Å². The van der Waals surface area contributed by atoms with Gasteiger partial charge >= 0.3 is 0 Å². The molecular formula is C24H24N6OS. The van der Waals surface area contributed by atoms with Gasteiger partial charge in [-0.05, 0) is 34.9 Å². The largest absolute Gasteiger partial charge is 0.489 e. The summed E-state index contributed by atoms with van der Waals surface area (Å²) >= 11 is 1.68. The van der Waals surface area contributed by atoms with Crippen molar-refractivity contribution in [2.45, 2.75) is 38.7 Å². The van der Waals surface area contributed by atoms with Gasteiger partial charge < -0.3 is 9.72 Å². The van der Waals surface area contributed by atoms with Crippen molar-refractivity contribution in [3.8, 4) is 17.1 Å². The predicted octanol–water partition coefficient (Wildman–Crippen LogP) is 5.71. The van der Waals surface area contributed by atoms with E-state index in [1.807, 2.05) is 36.4 Å². The number of rotatable bonds is 9. The van der Waals surface area contributed by atoms with Gasteiger partial charge in [-0.2, -0.15) is 5.21 Å². The predicted molar refractivity (Wildman–Crippen MR) is 126 cm³/mol. The topological polar surface area (TPSA) is 92.4 Å². The molecule has 1 unspecified atom stereocenters. The van der Waals surface area contributed by atoms with E-state index in [9.17, 15) is 0 Å². The number of hydrogen-bond donors (Lipinski definition) is 2. The highest BCUT2D eigenvalue weighted by molar-refractivity contribution is 7.09. The fourth-order valence-electron chi connectivity index (χ4n) is 3.80. The monoisotopic (exact) mass is 444 g/mol. The lowest BCUT2D eigenvalue weighted by atomic mass is 9.93. The number of imidazole rings is 1. The Morgan fingerprint density at radius 3 is 2.59 bits per heavy atom. The van der Waals surface area contributed by atoms with Crippen molar-refractivity contribution < 1.29 is 4.74 Å². The number of H-pyrrole nitrogens is 2. The van der Waals surface area contributed by atoms with E-state index in [-0.39, 0.29) is 5.92 Å². The Morgan fingerprint density at radius 1 is 1.03 bits per heavy atom. The Morgan fingerprint density at radius 2 is 1.88 bits per heavy atom. The van der Waals surface area contributed by atoms with Crippen LogP contribution in [-0.4, -0.2) is 30.6 Å². The molecule has 32 heavy (non-hydrogen) atoms. The molecule has 5 rings (SSSR count). The third kappa shape index (κ3) is 4.40. The van der Waals surface area contributed by atoms with Crippen LogP contribution in [-0.2, 0) is 6.61 Å². The number of ether oxygens (including phenoxy) is 1. The Bertz CT molecular complexity index is 1230. The molecule has 0 fully saturated rings. The molecule has 2 aromatic carbocycles. The lowest BCUT2D eigenvalue weighted by molar-refractivity contribution is 0.306. The van der Waals surface area contributed by atoms with E-state index in [0.29, 0.717) is 12.4 Å². The second kappa shape index (κ2) is 9.32. The lowest BCUT2D eigenvalue weighted by Gasteiger charge is -2.16. The molecule has 0 aliphatic carbocycles. The number of unbranched alkanes of at least 4 members (excludes halogenated alkanes) is 1. The molecule has 3 heterocycles. The minimum absolute atomic E-state index is 0.263. The van der Waals surface area contributed by atoms with Gasteiger partial charge in [0.25, 0.3) is 0 Å². The average molecular weight is 445 g/mol. The zero-order valence-corrected chi connectivity index (χ0v) is 18.6. The number of aromatic nitrogens is 6. The van der Waals surface area contributed by atoms with Gasteiger partial charge in [0.1, 0.15) is 18.2 Å². The van der Waals surface area contributed by atoms with Crippen molar-refractivity contribution in [1.29, 1.82) is 0 Å². The minimum Gasteiger partial charge on any atom is -0.489 e. The van der Waals surface area contributed by atoms with Crippen molar-refractivity contribution in [2.75, 3.05) is 0 Å². The summed E-state index contributed by atoms with van der Waals surface area (Å²) in [6.07, 6.45) is 3.40. The molecule has 0 aliphatic heterocycles. The number of thiophene rings is 1. The summed E-state index contributed by atoms with van der Waals surface area (Å²) in [6, 6.07) is 16.4. The summed E-state index contributed by atoms with van der Waals surface area (Å²) in [4.78, 5) is 8.35. The van der Waals surface area contributed by atoms with Gasteiger partial charge in [0.2, 0.25) is 5.82 Å². The van der Waals surface area contributed by atoms with E-state index < -0.39 is 0 Å². The zero-order valence-electron chi connectivity index (χ0n) is 17.8. The highest BCUT2D eigenvalue weighted by Gasteiger charge is 2.18. The minimum atomic E-state index is 0.263. The highest BCUT2D eigenvalue weighted by atomic mass is 32.1. The molecule has 162 valence electrons. The van der Waals surface area contributed by atoms with Crippen molar-refractivity contribution in [1.82, 2.24) is 30.6 Å². The van der Waals surface area contributed by atoms with Crippen LogP contribution in [0.4, 0.5) is 0 Å². The number of tetrazole rings is 1. The molecule has 0 spiro atoms. The summed E-state index contributed by atoms with van der Waals surface area (Å²) in [5.41, 5.74) is 5.43. The molecule has 0 amide bonds. The first-order chi connectivity index (χ1) is 15.8. The van der Waals surface area contributed by atoms with Crippen LogP contribution in [0.2, 0.25) is 0 Å². The maximum Gasteiger partial charge on any atom is 0.204 e. The van der Waals surface area contributed by atoms with Crippen LogP contribution in [0.5, 0.6) is 5.75 Å². The molecule has 1 atom stereocenters. The Balaban J connectivity index is 1.26. The lowest BCUT2D eigenvalue weighted by Crippen LogP contribution is -2.04.